The Morgan fingerprint density at radius 3 is 2.28 bits per heavy atom. The van der Waals surface area contributed by atoms with Crippen molar-refractivity contribution in [3.05, 3.63) is 71.8 Å². The molecule has 0 N–H and O–H groups in total. The van der Waals surface area contributed by atoms with Crippen molar-refractivity contribution in [2.75, 3.05) is 13.7 Å². The second kappa shape index (κ2) is 8.25. The van der Waals surface area contributed by atoms with E-state index in [0.29, 0.717) is 0 Å². The van der Waals surface area contributed by atoms with Gasteiger partial charge in [-0.25, -0.2) is 14.8 Å². The number of hydrogen-bond acceptors (Lipinski definition) is 5. The number of amides is 1. The second-order valence-corrected chi connectivity index (χ2v) is 7.49. The number of carbonyl (C=O) groups is 2. The van der Waals surface area contributed by atoms with Crippen LogP contribution in [0.5, 0.6) is 0 Å². The van der Waals surface area contributed by atoms with Crippen LogP contribution in [-0.4, -0.2) is 41.8 Å². The number of esters is 1. The van der Waals surface area contributed by atoms with E-state index in [2.05, 4.69) is 11.9 Å². The summed E-state index contributed by atoms with van der Waals surface area (Å²) in [7, 11) is 1.41. The molecule has 29 heavy (non-hydrogen) atoms. The minimum atomic E-state index is -0.487. The molecule has 2 aliphatic heterocycles. The smallest absolute Gasteiger partial charge is 0.425 e. The first-order valence-electron chi connectivity index (χ1n) is 10.1. The van der Waals surface area contributed by atoms with Gasteiger partial charge >= 0.3 is 12.1 Å². The maximum Gasteiger partial charge on any atom is 0.425 e. The lowest BCUT2D eigenvalue weighted by molar-refractivity contribution is -0.147. The maximum atomic E-state index is 13.0. The molecule has 1 unspecified atom stereocenters. The van der Waals surface area contributed by atoms with Gasteiger partial charge < -0.3 is 9.47 Å². The quantitative estimate of drug-likeness (QED) is 0.715. The van der Waals surface area contributed by atoms with Crippen molar-refractivity contribution in [1.29, 1.82) is 0 Å². The molecule has 4 rings (SSSR count). The molecule has 2 aliphatic rings. The number of ether oxygens (including phenoxy) is 2. The second-order valence-electron chi connectivity index (χ2n) is 7.49. The van der Waals surface area contributed by atoms with Crippen LogP contribution < -0.4 is 0 Å². The van der Waals surface area contributed by atoms with Gasteiger partial charge in [0.25, 0.3) is 0 Å². The van der Waals surface area contributed by atoms with E-state index in [9.17, 15) is 9.59 Å². The standard InChI is InChI=1S/C23H26N2O4/c1-3-10-18-20(22(26)28-2)21(17-13-8-5-9-14-17)25-23(27)29-15-19(24(18)25)16-11-6-4-7-12-16/h4-9,11-14,18-21H,3,10,15H2,1-2H3/t18-,19-,20-,21?/m0/s1. The highest BCUT2D eigenvalue weighted by molar-refractivity contribution is 5.78. The van der Waals surface area contributed by atoms with Gasteiger partial charge in [-0.15, -0.1) is 0 Å². The fourth-order valence-corrected chi connectivity index (χ4v) is 4.66. The number of hydrazine groups is 1. The van der Waals surface area contributed by atoms with E-state index in [4.69, 9.17) is 9.47 Å². The fraction of sp³-hybridized carbons (Fsp3) is 0.391. The summed E-state index contributed by atoms with van der Waals surface area (Å²) in [5, 5.41) is 3.72. The molecule has 2 aromatic carbocycles. The molecule has 2 aromatic rings. The van der Waals surface area contributed by atoms with E-state index in [1.54, 1.807) is 5.01 Å². The number of hydrogen-bond donors (Lipinski definition) is 0. The van der Waals surface area contributed by atoms with Crippen molar-refractivity contribution in [3.8, 4) is 0 Å². The Balaban J connectivity index is 1.85. The van der Waals surface area contributed by atoms with Crippen LogP contribution in [0.2, 0.25) is 0 Å². The Bertz CT molecular complexity index is 858. The summed E-state index contributed by atoms with van der Waals surface area (Å²) in [6.07, 6.45) is 1.25. The zero-order valence-electron chi connectivity index (χ0n) is 16.7. The zero-order chi connectivity index (χ0) is 20.4. The van der Waals surface area contributed by atoms with E-state index < -0.39 is 18.1 Å². The predicted molar refractivity (Wildman–Crippen MR) is 108 cm³/mol. The van der Waals surface area contributed by atoms with Crippen LogP contribution in [0.15, 0.2) is 60.7 Å². The van der Waals surface area contributed by atoms with Crippen LogP contribution in [0.25, 0.3) is 0 Å². The Hall–Kier alpha value is -2.86. The summed E-state index contributed by atoms with van der Waals surface area (Å²) in [4.78, 5) is 25.9. The van der Waals surface area contributed by atoms with E-state index in [1.807, 2.05) is 60.7 Å². The van der Waals surface area contributed by atoms with Crippen molar-refractivity contribution < 1.29 is 19.1 Å². The predicted octanol–water partition coefficient (Wildman–Crippen LogP) is 4.11. The molecule has 2 fully saturated rings. The van der Waals surface area contributed by atoms with E-state index in [-0.39, 0.29) is 24.7 Å². The summed E-state index contributed by atoms with van der Waals surface area (Å²) >= 11 is 0. The molecule has 1 amide bonds. The Labute approximate surface area is 171 Å². The SMILES string of the molecule is CCC[C@H]1[C@H](C(=O)OC)C(c2ccccc2)N2C(=O)OC[C@@H](c3ccccc3)N12. The molecule has 4 atom stereocenters. The molecule has 0 aromatic heterocycles. The normalized spacial score (nSPS) is 26.7. The highest BCUT2D eigenvalue weighted by atomic mass is 16.6. The van der Waals surface area contributed by atoms with Crippen LogP contribution in [0.1, 0.15) is 43.0 Å². The Kier molecular flexibility index (Phi) is 5.53. The van der Waals surface area contributed by atoms with Crippen LogP contribution in [-0.2, 0) is 14.3 Å². The summed E-state index contributed by atoms with van der Waals surface area (Å²) < 4.78 is 10.8. The third kappa shape index (κ3) is 3.38. The van der Waals surface area contributed by atoms with Gasteiger partial charge in [-0.05, 0) is 17.5 Å². The monoisotopic (exact) mass is 394 g/mol. The molecule has 0 aliphatic carbocycles. The molecule has 0 saturated carbocycles. The highest BCUT2D eigenvalue weighted by Gasteiger charge is 2.58. The topological polar surface area (TPSA) is 59.1 Å². The summed E-state index contributed by atoms with van der Waals surface area (Å²) in [5.41, 5.74) is 1.96. The van der Waals surface area contributed by atoms with Crippen LogP contribution in [0.3, 0.4) is 0 Å². The Morgan fingerprint density at radius 1 is 1.07 bits per heavy atom. The van der Waals surface area contributed by atoms with Crippen molar-refractivity contribution in [1.82, 2.24) is 10.0 Å². The number of carbonyl (C=O) groups excluding carboxylic acids is 2. The van der Waals surface area contributed by atoms with Gasteiger partial charge in [0.2, 0.25) is 0 Å². The minimum Gasteiger partial charge on any atom is -0.469 e. The van der Waals surface area contributed by atoms with Crippen molar-refractivity contribution in [3.63, 3.8) is 0 Å². The van der Waals surface area contributed by atoms with Gasteiger partial charge in [-0.3, -0.25) is 4.79 Å². The minimum absolute atomic E-state index is 0.147. The largest absolute Gasteiger partial charge is 0.469 e. The van der Waals surface area contributed by atoms with E-state index >= 15 is 0 Å². The molecule has 152 valence electrons. The summed E-state index contributed by atoms with van der Waals surface area (Å²) in [6, 6.07) is 18.9. The molecule has 6 nitrogen and oxygen atoms in total. The molecule has 2 heterocycles. The van der Waals surface area contributed by atoms with Crippen molar-refractivity contribution in [2.45, 2.75) is 37.9 Å². The average molecular weight is 394 g/mol. The molecule has 0 radical (unpaired) electrons. The van der Waals surface area contributed by atoms with Gasteiger partial charge in [-0.2, -0.15) is 0 Å². The molecule has 2 saturated heterocycles. The van der Waals surface area contributed by atoms with Crippen LogP contribution in [0.4, 0.5) is 4.79 Å². The molecule has 0 spiro atoms. The number of methoxy groups -OCH3 is 1. The molecular formula is C23H26N2O4. The van der Waals surface area contributed by atoms with Gasteiger partial charge in [-0.1, -0.05) is 74.0 Å². The van der Waals surface area contributed by atoms with Crippen LogP contribution in [0, 0.1) is 5.92 Å². The zero-order valence-corrected chi connectivity index (χ0v) is 16.7. The van der Waals surface area contributed by atoms with Gasteiger partial charge in [0.15, 0.2) is 0 Å². The third-order valence-electron chi connectivity index (χ3n) is 5.86. The number of cyclic esters (lactones) is 1. The van der Waals surface area contributed by atoms with E-state index in [1.165, 1.54) is 7.11 Å². The Morgan fingerprint density at radius 2 is 1.69 bits per heavy atom. The van der Waals surface area contributed by atoms with Gasteiger partial charge in [0.1, 0.15) is 12.5 Å². The summed E-state index contributed by atoms with van der Waals surface area (Å²) in [6.45, 7) is 2.35. The first-order chi connectivity index (χ1) is 14.2. The third-order valence-corrected chi connectivity index (χ3v) is 5.86. The van der Waals surface area contributed by atoms with E-state index in [0.717, 1.165) is 24.0 Å². The number of rotatable bonds is 5. The van der Waals surface area contributed by atoms with Crippen molar-refractivity contribution in [2.24, 2.45) is 5.92 Å². The molecular weight excluding hydrogens is 368 g/mol. The lowest BCUT2D eigenvalue weighted by Crippen LogP contribution is -2.53. The van der Waals surface area contributed by atoms with Gasteiger partial charge in [0.05, 0.1) is 19.2 Å². The highest BCUT2D eigenvalue weighted by Crippen LogP contribution is 2.49. The first-order valence-corrected chi connectivity index (χ1v) is 10.1. The maximum absolute atomic E-state index is 13.0. The lowest BCUT2D eigenvalue weighted by Gasteiger charge is -2.43. The summed E-state index contributed by atoms with van der Waals surface area (Å²) in [5.74, 6) is -0.787. The number of benzene rings is 2. The lowest BCUT2D eigenvalue weighted by atomic mass is 9.86. The average Bonchev–Trinajstić information content (AvgIpc) is 3.11. The number of fused-ring (bicyclic) bond motifs is 1. The fourth-order valence-electron chi connectivity index (χ4n) is 4.66. The number of nitrogens with zero attached hydrogens (tertiary/aromatic N) is 2. The molecule has 6 heteroatoms. The van der Waals surface area contributed by atoms with Crippen LogP contribution >= 0.6 is 0 Å². The van der Waals surface area contributed by atoms with Gasteiger partial charge in [0, 0.05) is 6.04 Å². The van der Waals surface area contributed by atoms with Crippen molar-refractivity contribution >= 4 is 12.1 Å². The molecule has 0 bridgehead atoms. The first kappa shape index (κ1) is 19.5.